The molecule has 0 unspecified atom stereocenters. The van der Waals surface area contributed by atoms with Crippen molar-refractivity contribution in [2.75, 3.05) is 6.61 Å². The average Bonchev–Trinajstić information content (AvgIpc) is 2.11. The summed E-state index contributed by atoms with van der Waals surface area (Å²) in [5.74, 6) is -2.74. The zero-order valence-electron chi connectivity index (χ0n) is 8.19. The summed E-state index contributed by atoms with van der Waals surface area (Å²) < 4.78 is 0. The number of hydrogen-bond acceptors (Lipinski definition) is 3. The molecule has 0 spiro atoms. The van der Waals surface area contributed by atoms with Crippen molar-refractivity contribution in [2.45, 2.75) is 32.6 Å². The summed E-state index contributed by atoms with van der Waals surface area (Å²) in [7, 11) is 0. The summed E-state index contributed by atoms with van der Waals surface area (Å²) in [6.07, 6.45) is 1.08. The Labute approximate surface area is 82.4 Å². The molecule has 14 heavy (non-hydrogen) atoms. The topological polar surface area (TPSA) is 94.8 Å². The second-order valence-electron chi connectivity index (χ2n) is 3.27. The molecule has 0 aliphatic heterocycles. The molecule has 0 saturated carbocycles. The summed E-state index contributed by atoms with van der Waals surface area (Å²) in [5, 5.41) is 26.4. The van der Waals surface area contributed by atoms with E-state index in [1.54, 1.807) is 0 Å². The Hall–Kier alpha value is -1.10. The first-order chi connectivity index (χ1) is 6.51. The van der Waals surface area contributed by atoms with Crippen LogP contribution in [0.1, 0.15) is 32.6 Å². The smallest absolute Gasteiger partial charge is 0.321 e. The number of aliphatic hydroxyl groups excluding tert-OH is 1. The van der Waals surface area contributed by atoms with Gasteiger partial charge in [0, 0.05) is 6.61 Å². The number of hydrogen-bond donors (Lipinski definition) is 3. The normalized spacial score (nSPS) is 11.3. The van der Waals surface area contributed by atoms with Crippen molar-refractivity contribution in [3.8, 4) is 0 Å². The molecule has 0 amide bonds. The predicted octanol–water partition coefficient (Wildman–Crippen LogP) is 0.715. The van der Waals surface area contributed by atoms with E-state index in [-0.39, 0.29) is 12.8 Å². The summed E-state index contributed by atoms with van der Waals surface area (Å²) in [5.41, 5.74) is -1.81. The Balaban J connectivity index is 4.75. The third-order valence-electron chi connectivity index (χ3n) is 2.31. The minimum Gasteiger partial charge on any atom is -0.480 e. The van der Waals surface area contributed by atoms with Gasteiger partial charge in [-0.3, -0.25) is 9.59 Å². The van der Waals surface area contributed by atoms with Gasteiger partial charge < -0.3 is 15.3 Å². The maximum atomic E-state index is 10.9. The van der Waals surface area contributed by atoms with Crippen molar-refractivity contribution in [3.05, 3.63) is 0 Å². The van der Waals surface area contributed by atoms with Crippen LogP contribution in [0.4, 0.5) is 0 Å². The van der Waals surface area contributed by atoms with Crippen LogP contribution >= 0.6 is 0 Å². The van der Waals surface area contributed by atoms with Crippen LogP contribution < -0.4 is 0 Å². The Morgan fingerprint density at radius 1 is 1.14 bits per heavy atom. The van der Waals surface area contributed by atoms with Crippen LogP contribution in [0.3, 0.4) is 0 Å². The number of rotatable bonds is 7. The van der Waals surface area contributed by atoms with Crippen molar-refractivity contribution in [1.82, 2.24) is 0 Å². The van der Waals surface area contributed by atoms with E-state index in [2.05, 4.69) is 0 Å². The third-order valence-corrected chi connectivity index (χ3v) is 2.31. The molecule has 0 radical (unpaired) electrons. The van der Waals surface area contributed by atoms with Crippen LogP contribution in [0.25, 0.3) is 0 Å². The Kier molecular flexibility index (Phi) is 5.15. The molecule has 0 fully saturated rings. The number of aliphatic hydroxyl groups is 1. The molecule has 0 bridgehead atoms. The van der Waals surface area contributed by atoms with Crippen molar-refractivity contribution in [1.29, 1.82) is 0 Å². The van der Waals surface area contributed by atoms with Gasteiger partial charge in [-0.05, 0) is 12.8 Å². The van der Waals surface area contributed by atoms with Crippen LogP contribution in [0, 0.1) is 5.41 Å². The lowest BCUT2D eigenvalue weighted by Crippen LogP contribution is -2.40. The summed E-state index contributed by atoms with van der Waals surface area (Å²) in [6, 6.07) is 0. The number of carbonyl (C=O) groups is 2. The molecule has 3 N–H and O–H groups in total. The van der Waals surface area contributed by atoms with E-state index in [1.165, 1.54) is 0 Å². The van der Waals surface area contributed by atoms with Crippen LogP contribution in [0.5, 0.6) is 0 Å². The molecule has 0 aliphatic carbocycles. The Bertz CT molecular complexity index is 197. The monoisotopic (exact) mass is 204 g/mol. The molecule has 0 aromatic heterocycles. The van der Waals surface area contributed by atoms with Gasteiger partial charge in [-0.1, -0.05) is 19.8 Å². The highest BCUT2D eigenvalue weighted by molar-refractivity contribution is 5.98. The zero-order chi connectivity index (χ0) is 11.2. The van der Waals surface area contributed by atoms with Gasteiger partial charge in [0.05, 0.1) is 0 Å². The average molecular weight is 204 g/mol. The summed E-state index contributed by atoms with van der Waals surface area (Å²) in [4.78, 5) is 21.7. The van der Waals surface area contributed by atoms with E-state index in [4.69, 9.17) is 15.3 Å². The predicted molar refractivity (Wildman–Crippen MR) is 48.9 cm³/mol. The molecule has 0 aromatic carbocycles. The third kappa shape index (κ3) is 2.70. The highest BCUT2D eigenvalue weighted by Crippen LogP contribution is 2.29. The first kappa shape index (κ1) is 12.9. The fraction of sp³-hybridized carbons (Fsp3) is 0.778. The number of carboxylic acid groups (broad SMARTS) is 2. The molecule has 5 heteroatoms. The molecule has 0 heterocycles. The Morgan fingerprint density at radius 2 is 1.64 bits per heavy atom. The van der Waals surface area contributed by atoms with Gasteiger partial charge in [-0.25, -0.2) is 0 Å². The summed E-state index contributed by atoms with van der Waals surface area (Å²) >= 11 is 0. The van der Waals surface area contributed by atoms with Crippen LogP contribution in [0.15, 0.2) is 0 Å². The lowest BCUT2D eigenvalue weighted by atomic mass is 9.80. The van der Waals surface area contributed by atoms with Gasteiger partial charge in [0.25, 0.3) is 0 Å². The van der Waals surface area contributed by atoms with E-state index in [1.807, 2.05) is 6.92 Å². The lowest BCUT2D eigenvalue weighted by molar-refractivity contribution is -0.166. The quantitative estimate of drug-likeness (QED) is 0.531. The maximum Gasteiger partial charge on any atom is 0.321 e. The van der Waals surface area contributed by atoms with E-state index in [0.717, 1.165) is 6.42 Å². The van der Waals surface area contributed by atoms with Gasteiger partial charge in [-0.2, -0.15) is 0 Å². The first-order valence-corrected chi connectivity index (χ1v) is 4.59. The highest BCUT2D eigenvalue weighted by Gasteiger charge is 2.45. The fourth-order valence-electron chi connectivity index (χ4n) is 1.31. The summed E-state index contributed by atoms with van der Waals surface area (Å²) in [6.45, 7) is 1.43. The van der Waals surface area contributed by atoms with Gasteiger partial charge in [-0.15, -0.1) is 0 Å². The number of aliphatic carboxylic acids is 2. The van der Waals surface area contributed by atoms with Crippen LogP contribution in [0.2, 0.25) is 0 Å². The Morgan fingerprint density at radius 3 is 1.93 bits per heavy atom. The molecular formula is C9H16O5. The van der Waals surface area contributed by atoms with E-state index < -0.39 is 24.0 Å². The fourth-order valence-corrected chi connectivity index (χ4v) is 1.31. The van der Waals surface area contributed by atoms with E-state index >= 15 is 0 Å². The molecule has 82 valence electrons. The molecule has 0 saturated heterocycles. The molecule has 0 aromatic rings. The van der Waals surface area contributed by atoms with Crippen LogP contribution in [-0.4, -0.2) is 33.9 Å². The number of unbranched alkanes of at least 4 members (excludes halogenated alkanes) is 1. The minimum absolute atomic E-state index is 0.0642. The second-order valence-corrected chi connectivity index (χ2v) is 3.27. The van der Waals surface area contributed by atoms with Crippen molar-refractivity contribution in [2.24, 2.45) is 5.41 Å². The number of carboxylic acids is 2. The van der Waals surface area contributed by atoms with E-state index in [9.17, 15) is 9.59 Å². The van der Waals surface area contributed by atoms with Crippen molar-refractivity contribution >= 4 is 11.9 Å². The van der Waals surface area contributed by atoms with Crippen molar-refractivity contribution < 1.29 is 24.9 Å². The van der Waals surface area contributed by atoms with Crippen LogP contribution in [-0.2, 0) is 9.59 Å². The second kappa shape index (κ2) is 5.59. The SMILES string of the molecule is CCCCC(CCO)(C(=O)O)C(=O)O. The standard InChI is InChI=1S/C9H16O5/c1-2-3-4-9(5-6-10,7(11)12)8(13)14/h10H,2-6H2,1H3,(H,11,12)(H,13,14). The van der Waals surface area contributed by atoms with E-state index in [0.29, 0.717) is 6.42 Å². The molecule has 5 nitrogen and oxygen atoms in total. The van der Waals surface area contributed by atoms with Crippen molar-refractivity contribution in [3.63, 3.8) is 0 Å². The molecular weight excluding hydrogens is 188 g/mol. The molecule has 0 atom stereocenters. The van der Waals surface area contributed by atoms with Gasteiger partial charge in [0.15, 0.2) is 5.41 Å². The minimum atomic E-state index is -1.81. The molecule has 0 aliphatic rings. The molecule has 0 rings (SSSR count). The van der Waals surface area contributed by atoms with Gasteiger partial charge >= 0.3 is 11.9 Å². The largest absolute Gasteiger partial charge is 0.480 e. The lowest BCUT2D eigenvalue weighted by Gasteiger charge is -2.23. The first-order valence-electron chi connectivity index (χ1n) is 4.59. The van der Waals surface area contributed by atoms with Gasteiger partial charge in [0.2, 0.25) is 0 Å². The zero-order valence-corrected chi connectivity index (χ0v) is 8.19. The highest BCUT2D eigenvalue weighted by atomic mass is 16.4. The van der Waals surface area contributed by atoms with Gasteiger partial charge in [0.1, 0.15) is 0 Å². The maximum absolute atomic E-state index is 10.9.